The molecule has 2 N–H and O–H groups in total. The van der Waals surface area contributed by atoms with Crippen LogP contribution in [-0.4, -0.2) is 26.9 Å². The number of hydrogen-bond donors (Lipinski definition) is 2. The van der Waals surface area contributed by atoms with E-state index in [1.165, 1.54) is 11.3 Å². The van der Waals surface area contributed by atoms with Crippen LogP contribution in [0.2, 0.25) is 5.02 Å². The molecule has 0 aliphatic heterocycles. The van der Waals surface area contributed by atoms with Crippen molar-refractivity contribution in [1.82, 2.24) is 20.3 Å². The molecule has 4 rings (SSSR count). The van der Waals surface area contributed by atoms with Crippen LogP contribution in [-0.2, 0) is 0 Å². The molecule has 2 heterocycles. The molecule has 0 aliphatic carbocycles. The molecule has 146 valence electrons. The van der Waals surface area contributed by atoms with Crippen molar-refractivity contribution in [1.29, 1.82) is 0 Å². The first-order valence-electron chi connectivity index (χ1n) is 9.04. The highest BCUT2D eigenvalue weighted by molar-refractivity contribution is 7.13. The lowest BCUT2D eigenvalue weighted by atomic mass is 10.1. The molecule has 8 heteroatoms. The van der Waals surface area contributed by atoms with Gasteiger partial charge in [0.05, 0.1) is 10.5 Å². The molecule has 4 aromatic rings. The van der Waals surface area contributed by atoms with E-state index in [0.717, 1.165) is 27.2 Å². The number of fused-ring (bicyclic) bond motifs is 1. The summed E-state index contributed by atoms with van der Waals surface area (Å²) in [5.74, 6) is 0.356. The summed E-state index contributed by atoms with van der Waals surface area (Å²) in [5.41, 5.74) is 3.00. The van der Waals surface area contributed by atoms with Crippen LogP contribution in [0.25, 0.3) is 21.5 Å². The highest BCUT2D eigenvalue weighted by Crippen LogP contribution is 2.34. The van der Waals surface area contributed by atoms with Crippen molar-refractivity contribution in [2.24, 2.45) is 0 Å². The van der Waals surface area contributed by atoms with Gasteiger partial charge in [-0.25, -0.2) is 15.0 Å². The van der Waals surface area contributed by atoms with Crippen molar-refractivity contribution in [3.63, 3.8) is 0 Å². The van der Waals surface area contributed by atoms with Crippen molar-refractivity contribution in [3.05, 3.63) is 64.8 Å². The first-order valence-corrected chi connectivity index (χ1v) is 10.3. The Kier molecular flexibility index (Phi) is 5.42. The zero-order valence-electron chi connectivity index (χ0n) is 15.8. The van der Waals surface area contributed by atoms with Crippen LogP contribution < -0.4 is 10.6 Å². The second kappa shape index (κ2) is 8.14. The van der Waals surface area contributed by atoms with Crippen molar-refractivity contribution in [3.8, 4) is 10.6 Å². The maximum atomic E-state index is 12.0. The van der Waals surface area contributed by atoms with Gasteiger partial charge >= 0.3 is 0 Å². The number of thiazole rings is 1. The van der Waals surface area contributed by atoms with Crippen molar-refractivity contribution < 1.29 is 4.79 Å². The van der Waals surface area contributed by atoms with Crippen molar-refractivity contribution in [2.75, 3.05) is 5.32 Å². The number of anilines is 2. The smallest absolute Gasteiger partial charge is 0.251 e. The molecular formula is C21H18ClN5OS. The van der Waals surface area contributed by atoms with Crippen LogP contribution in [0.3, 0.4) is 0 Å². The molecule has 0 fully saturated rings. The van der Waals surface area contributed by atoms with Crippen LogP contribution in [0.4, 0.5) is 11.6 Å². The van der Waals surface area contributed by atoms with E-state index >= 15 is 0 Å². The number of aromatic nitrogens is 3. The Morgan fingerprint density at radius 2 is 1.90 bits per heavy atom. The lowest BCUT2D eigenvalue weighted by Crippen LogP contribution is -2.29. The number of carbonyl (C=O) groups excluding carboxylic acids is 1. The molecule has 2 aromatic heterocycles. The number of benzene rings is 2. The summed E-state index contributed by atoms with van der Waals surface area (Å²) >= 11 is 8.09. The van der Waals surface area contributed by atoms with E-state index in [2.05, 4.69) is 25.6 Å². The Balaban J connectivity index is 1.56. The predicted octanol–water partition coefficient (Wildman–Crippen LogP) is 5.29. The summed E-state index contributed by atoms with van der Waals surface area (Å²) in [6.07, 6.45) is 3.45. The van der Waals surface area contributed by atoms with Gasteiger partial charge in [0.1, 0.15) is 5.01 Å². The summed E-state index contributed by atoms with van der Waals surface area (Å²) in [5, 5.41) is 10.2. The summed E-state index contributed by atoms with van der Waals surface area (Å²) in [7, 11) is 0. The molecule has 1 amide bonds. The quantitative estimate of drug-likeness (QED) is 0.456. The van der Waals surface area contributed by atoms with Crippen molar-refractivity contribution in [2.45, 2.75) is 19.9 Å². The third kappa shape index (κ3) is 4.21. The van der Waals surface area contributed by atoms with Gasteiger partial charge in [0.15, 0.2) is 0 Å². The summed E-state index contributed by atoms with van der Waals surface area (Å²) in [4.78, 5) is 25.3. The minimum absolute atomic E-state index is 0.0919. The average molecular weight is 424 g/mol. The largest absolute Gasteiger partial charge is 0.350 e. The van der Waals surface area contributed by atoms with Crippen molar-refractivity contribution >= 4 is 51.4 Å². The Labute approximate surface area is 177 Å². The third-order valence-corrected chi connectivity index (χ3v) is 5.40. The average Bonchev–Trinajstić information content (AvgIpc) is 3.23. The Morgan fingerprint density at radius 3 is 2.59 bits per heavy atom. The van der Waals surface area contributed by atoms with E-state index in [-0.39, 0.29) is 11.9 Å². The molecule has 0 radical (unpaired) electrons. The molecule has 2 aromatic carbocycles. The van der Waals surface area contributed by atoms with Crippen LogP contribution in [0.15, 0.2) is 54.2 Å². The molecule has 0 spiro atoms. The Morgan fingerprint density at radius 1 is 1.10 bits per heavy atom. The van der Waals surface area contributed by atoms with E-state index in [0.29, 0.717) is 16.5 Å². The van der Waals surface area contributed by atoms with Gasteiger partial charge in [-0.1, -0.05) is 11.6 Å². The second-order valence-corrected chi connectivity index (χ2v) is 7.99. The van der Waals surface area contributed by atoms with E-state index in [4.69, 9.17) is 11.6 Å². The van der Waals surface area contributed by atoms with Gasteiger partial charge in [-0.15, -0.1) is 11.3 Å². The van der Waals surface area contributed by atoms with E-state index in [1.807, 2.05) is 43.5 Å². The number of carbonyl (C=O) groups is 1. The van der Waals surface area contributed by atoms with E-state index < -0.39 is 0 Å². The zero-order chi connectivity index (χ0) is 20.4. The molecular weight excluding hydrogens is 406 g/mol. The molecule has 0 saturated heterocycles. The van der Waals surface area contributed by atoms with Crippen LogP contribution >= 0.6 is 22.9 Å². The van der Waals surface area contributed by atoms with Gasteiger partial charge in [-0.05, 0) is 50.2 Å². The summed E-state index contributed by atoms with van der Waals surface area (Å²) in [6, 6.07) is 11.1. The maximum Gasteiger partial charge on any atom is 0.251 e. The fourth-order valence-electron chi connectivity index (χ4n) is 2.83. The second-order valence-electron chi connectivity index (χ2n) is 6.72. The van der Waals surface area contributed by atoms with Gasteiger partial charge in [0, 0.05) is 46.0 Å². The SMILES string of the molecule is CC(C)NC(=O)c1ccc(Nc2ncc3c(Cl)c(-c4nccs4)ccc3n2)cc1. The zero-order valence-corrected chi connectivity index (χ0v) is 17.4. The van der Waals surface area contributed by atoms with Crippen LogP contribution in [0.5, 0.6) is 0 Å². The minimum atomic E-state index is -0.0980. The molecule has 6 nitrogen and oxygen atoms in total. The normalized spacial score (nSPS) is 11.0. The molecule has 0 atom stereocenters. The summed E-state index contributed by atoms with van der Waals surface area (Å²) in [6.45, 7) is 3.86. The monoisotopic (exact) mass is 423 g/mol. The molecule has 0 saturated carbocycles. The standard InChI is InChI=1S/C21H18ClN5OS/c1-12(2)25-19(28)13-3-5-14(6-4-13)26-21-24-11-16-17(27-21)8-7-15(18(16)22)20-23-9-10-29-20/h3-12H,1-2H3,(H,25,28)(H,24,26,27). The van der Waals surface area contributed by atoms with Crippen LogP contribution in [0, 0.1) is 0 Å². The number of nitrogens with zero attached hydrogens (tertiary/aromatic N) is 3. The molecule has 0 bridgehead atoms. The highest BCUT2D eigenvalue weighted by Gasteiger charge is 2.12. The first kappa shape index (κ1) is 19.3. The minimum Gasteiger partial charge on any atom is -0.350 e. The van der Waals surface area contributed by atoms with Gasteiger partial charge in [-0.3, -0.25) is 4.79 Å². The number of amides is 1. The Bertz CT molecular complexity index is 1160. The van der Waals surface area contributed by atoms with Gasteiger partial charge in [-0.2, -0.15) is 0 Å². The number of rotatable bonds is 5. The number of hydrogen-bond acceptors (Lipinski definition) is 6. The molecule has 29 heavy (non-hydrogen) atoms. The number of nitrogens with one attached hydrogen (secondary N) is 2. The predicted molar refractivity (Wildman–Crippen MR) is 118 cm³/mol. The first-order chi connectivity index (χ1) is 14.0. The third-order valence-electron chi connectivity index (χ3n) is 4.18. The van der Waals surface area contributed by atoms with Gasteiger partial charge in [0.25, 0.3) is 5.91 Å². The van der Waals surface area contributed by atoms with Gasteiger partial charge in [0.2, 0.25) is 5.95 Å². The summed E-state index contributed by atoms with van der Waals surface area (Å²) < 4.78 is 0. The fraction of sp³-hybridized carbons (Fsp3) is 0.143. The highest BCUT2D eigenvalue weighted by atomic mass is 35.5. The van der Waals surface area contributed by atoms with Crippen LogP contribution in [0.1, 0.15) is 24.2 Å². The Hall–Kier alpha value is -3.03. The lowest BCUT2D eigenvalue weighted by molar-refractivity contribution is 0.0943. The fourth-order valence-corrected chi connectivity index (χ4v) is 3.86. The van der Waals surface area contributed by atoms with E-state index in [9.17, 15) is 4.79 Å². The lowest BCUT2D eigenvalue weighted by Gasteiger charge is -2.10. The maximum absolute atomic E-state index is 12.0. The molecule has 0 unspecified atom stereocenters. The van der Waals surface area contributed by atoms with Gasteiger partial charge < -0.3 is 10.6 Å². The van der Waals surface area contributed by atoms with E-state index in [1.54, 1.807) is 24.5 Å². The topological polar surface area (TPSA) is 79.8 Å². The molecule has 0 aliphatic rings. The number of halogens is 1.